The minimum atomic E-state index is -0.437. The smallest absolute Gasteiger partial charge is 0.269 e. The van der Waals surface area contributed by atoms with E-state index in [-0.39, 0.29) is 18.2 Å². The molecule has 7 nitrogen and oxygen atoms in total. The SMILES string of the molecule is N=C(CC1C(N)=NCCN1Cc1cc(Cl)ccc1Cl)C(=O)Nc1cccc(N2CCCC2)c1. The average Bonchev–Trinajstić information content (AvgIpc) is 3.34. The van der Waals surface area contributed by atoms with Gasteiger partial charge in [0.2, 0.25) is 0 Å². The third kappa shape index (κ3) is 5.85. The molecule has 2 aliphatic rings. The van der Waals surface area contributed by atoms with Crippen LogP contribution in [0.1, 0.15) is 24.8 Å². The molecule has 2 aliphatic heterocycles. The van der Waals surface area contributed by atoms with Crippen LogP contribution in [0.4, 0.5) is 11.4 Å². The number of benzene rings is 2. The first-order valence-corrected chi connectivity index (χ1v) is 11.9. The summed E-state index contributed by atoms with van der Waals surface area (Å²) in [5.74, 6) is -0.0133. The second-order valence-corrected chi connectivity index (χ2v) is 9.25. The van der Waals surface area contributed by atoms with E-state index in [4.69, 9.17) is 34.3 Å². The summed E-state index contributed by atoms with van der Waals surface area (Å²) < 4.78 is 0. The van der Waals surface area contributed by atoms with Crippen molar-refractivity contribution in [3.05, 3.63) is 58.1 Å². The fourth-order valence-electron chi connectivity index (χ4n) is 4.31. The Balaban J connectivity index is 1.42. The molecule has 1 atom stereocenters. The number of hydrogen-bond donors (Lipinski definition) is 3. The number of nitrogens with zero attached hydrogens (tertiary/aromatic N) is 3. The highest BCUT2D eigenvalue weighted by molar-refractivity contribution is 6.42. The van der Waals surface area contributed by atoms with E-state index in [1.165, 1.54) is 12.8 Å². The molecule has 0 bridgehead atoms. The number of aliphatic imine (C=N–C) groups is 1. The summed E-state index contributed by atoms with van der Waals surface area (Å²) >= 11 is 12.5. The molecule has 1 amide bonds. The number of carbonyl (C=O) groups excluding carboxylic acids is 1. The van der Waals surface area contributed by atoms with E-state index in [9.17, 15) is 4.79 Å². The van der Waals surface area contributed by atoms with Crippen LogP contribution in [0, 0.1) is 5.41 Å². The van der Waals surface area contributed by atoms with Crippen molar-refractivity contribution in [3.63, 3.8) is 0 Å². The van der Waals surface area contributed by atoms with Crippen molar-refractivity contribution in [2.75, 3.05) is 36.4 Å². The molecule has 1 saturated heterocycles. The highest BCUT2D eigenvalue weighted by Gasteiger charge is 2.29. The number of halogens is 2. The van der Waals surface area contributed by atoms with Gasteiger partial charge < -0.3 is 16.0 Å². The first-order valence-electron chi connectivity index (χ1n) is 11.1. The Kier molecular flexibility index (Phi) is 7.53. The largest absolute Gasteiger partial charge is 0.386 e. The van der Waals surface area contributed by atoms with Crippen molar-refractivity contribution < 1.29 is 4.79 Å². The van der Waals surface area contributed by atoms with Crippen LogP contribution in [0.3, 0.4) is 0 Å². The predicted octanol–water partition coefficient (Wildman–Crippen LogP) is 4.18. The Morgan fingerprint density at radius 2 is 1.94 bits per heavy atom. The van der Waals surface area contributed by atoms with Gasteiger partial charge in [0.05, 0.1) is 18.3 Å². The van der Waals surface area contributed by atoms with E-state index in [1.54, 1.807) is 12.1 Å². The highest BCUT2D eigenvalue weighted by atomic mass is 35.5. The summed E-state index contributed by atoms with van der Waals surface area (Å²) in [6.45, 7) is 3.78. The minimum absolute atomic E-state index is 0.0474. The molecule has 9 heteroatoms. The van der Waals surface area contributed by atoms with Gasteiger partial charge in [-0.2, -0.15) is 0 Å². The molecule has 0 spiro atoms. The minimum Gasteiger partial charge on any atom is -0.386 e. The molecular formula is C24H28Cl2N6O. The van der Waals surface area contributed by atoms with Crippen LogP contribution in [0.15, 0.2) is 47.5 Å². The van der Waals surface area contributed by atoms with E-state index in [1.807, 2.05) is 30.3 Å². The molecule has 4 rings (SSSR count). The Morgan fingerprint density at radius 3 is 2.73 bits per heavy atom. The van der Waals surface area contributed by atoms with E-state index < -0.39 is 5.91 Å². The van der Waals surface area contributed by atoms with Crippen LogP contribution in [0.25, 0.3) is 0 Å². The lowest BCUT2D eigenvalue weighted by atomic mass is 10.0. The number of amidine groups is 1. The Labute approximate surface area is 204 Å². The summed E-state index contributed by atoms with van der Waals surface area (Å²) in [5.41, 5.74) is 8.79. The molecule has 2 aromatic carbocycles. The summed E-state index contributed by atoms with van der Waals surface area (Å²) in [7, 11) is 0. The Hall–Kier alpha value is -2.61. The molecule has 4 N–H and O–H groups in total. The van der Waals surface area contributed by atoms with Crippen LogP contribution in [-0.4, -0.2) is 54.6 Å². The van der Waals surface area contributed by atoms with Crippen molar-refractivity contribution in [1.82, 2.24) is 4.90 Å². The summed E-state index contributed by atoms with van der Waals surface area (Å²) in [5, 5.41) is 12.5. The zero-order valence-electron chi connectivity index (χ0n) is 18.4. The fourth-order valence-corrected chi connectivity index (χ4v) is 4.68. The Morgan fingerprint density at radius 1 is 1.15 bits per heavy atom. The quantitative estimate of drug-likeness (QED) is 0.511. The molecule has 0 saturated carbocycles. The number of nitrogens with one attached hydrogen (secondary N) is 2. The number of amides is 1. The molecule has 174 valence electrons. The lowest BCUT2D eigenvalue weighted by Crippen LogP contribution is -2.50. The van der Waals surface area contributed by atoms with Gasteiger partial charge in [-0.3, -0.25) is 20.1 Å². The normalized spacial score (nSPS) is 18.8. The fraction of sp³-hybridized carbons (Fsp3) is 0.375. The van der Waals surface area contributed by atoms with Gasteiger partial charge in [-0.25, -0.2) is 0 Å². The second-order valence-electron chi connectivity index (χ2n) is 8.41. The van der Waals surface area contributed by atoms with Crippen molar-refractivity contribution in [2.45, 2.75) is 31.8 Å². The third-order valence-corrected chi connectivity index (χ3v) is 6.70. The maximum atomic E-state index is 12.8. The number of anilines is 2. The first kappa shape index (κ1) is 23.5. The number of rotatable bonds is 7. The predicted molar refractivity (Wildman–Crippen MR) is 136 cm³/mol. The van der Waals surface area contributed by atoms with Gasteiger partial charge in [0.15, 0.2) is 0 Å². The lowest BCUT2D eigenvalue weighted by molar-refractivity contribution is -0.110. The second kappa shape index (κ2) is 10.5. The van der Waals surface area contributed by atoms with E-state index in [0.29, 0.717) is 41.2 Å². The standard InChI is InChI=1S/C24H28Cl2N6O/c25-17-6-7-20(26)16(12-17)15-32-11-8-29-23(28)22(32)14-21(27)24(33)30-18-4-3-5-19(13-18)31-9-1-2-10-31/h3-7,12-13,22,27H,1-2,8-11,14-15H2,(H2,28,29)(H,30,33). The van der Waals surface area contributed by atoms with Gasteiger partial charge >= 0.3 is 0 Å². The summed E-state index contributed by atoms with van der Waals surface area (Å²) in [6, 6.07) is 12.8. The van der Waals surface area contributed by atoms with Crippen molar-refractivity contribution in [2.24, 2.45) is 10.7 Å². The lowest BCUT2D eigenvalue weighted by Gasteiger charge is -2.34. The van der Waals surface area contributed by atoms with Crippen LogP contribution in [0.2, 0.25) is 10.0 Å². The van der Waals surface area contributed by atoms with E-state index in [2.05, 4.69) is 20.1 Å². The molecule has 2 aromatic rings. The third-order valence-electron chi connectivity index (χ3n) is 6.09. The average molecular weight is 487 g/mol. The zero-order chi connectivity index (χ0) is 23.4. The number of carbonyl (C=O) groups is 1. The maximum absolute atomic E-state index is 12.8. The summed E-state index contributed by atoms with van der Waals surface area (Å²) in [6.07, 6.45) is 2.52. The maximum Gasteiger partial charge on any atom is 0.269 e. The van der Waals surface area contributed by atoms with Crippen LogP contribution in [0.5, 0.6) is 0 Å². The van der Waals surface area contributed by atoms with Gasteiger partial charge in [-0.1, -0.05) is 29.3 Å². The van der Waals surface area contributed by atoms with Crippen molar-refractivity contribution in [1.29, 1.82) is 5.41 Å². The monoisotopic (exact) mass is 486 g/mol. The molecule has 2 heterocycles. The molecule has 0 aliphatic carbocycles. The molecular weight excluding hydrogens is 459 g/mol. The van der Waals surface area contributed by atoms with Gasteiger partial charge in [-0.15, -0.1) is 0 Å². The zero-order valence-corrected chi connectivity index (χ0v) is 19.9. The Bertz CT molecular complexity index is 1070. The van der Waals surface area contributed by atoms with Gasteiger partial charge in [0.1, 0.15) is 5.84 Å². The van der Waals surface area contributed by atoms with Gasteiger partial charge in [-0.05, 0) is 54.8 Å². The molecule has 1 fully saturated rings. The molecule has 0 radical (unpaired) electrons. The topological polar surface area (TPSA) is 97.8 Å². The first-order chi connectivity index (χ1) is 15.9. The van der Waals surface area contributed by atoms with Gasteiger partial charge in [0.25, 0.3) is 5.91 Å². The van der Waals surface area contributed by atoms with Crippen molar-refractivity contribution >= 4 is 52.0 Å². The number of nitrogens with two attached hydrogens (primary N) is 1. The van der Waals surface area contributed by atoms with Crippen LogP contribution < -0.4 is 16.0 Å². The molecule has 0 aromatic heterocycles. The summed E-state index contributed by atoms with van der Waals surface area (Å²) in [4.78, 5) is 21.6. The van der Waals surface area contributed by atoms with Crippen LogP contribution >= 0.6 is 23.2 Å². The molecule has 33 heavy (non-hydrogen) atoms. The number of hydrogen-bond acceptors (Lipinski definition) is 6. The van der Waals surface area contributed by atoms with E-state index >= 15 is 0 Å². The van der Waals surface area contributed by atoms with Crippen LogP contribution in [-0.2, 0) is 11.3 Å². The van der Waals surface area contributed by atoms with Gasteiger partial charge in [0, 0.05) is 54.0 Å². The highest BCUT2D eigenvalue weighted by Crippen LogP contribution is 2.25. The van der Waals surface area contributed by atoms with E-state index in [0.717, 1.165) is 24.3 Å². The molecule has 1 unspecified atom stereocenters. The van der Waals surface area contributed by atoms with Crippen molar-refractivity contribution in [3.8, 4) is 0 Å².